The number of rotatable bonds is 3. The summed E-state index contributed by atoms with van der Waals surface area (Å²) in [7, 11) is 0. The van der Waals surface area contributed by atoms with Crippen molar-refractivity contribution < 1.29 is 0 Å². The largest absolute Gasteiger partial charge is 0.366 e. The summed E-state index contributed by atoms with van der Waals surface area (Å²) in [4.78, 5) is 8.95. The highest BCUT2D eigenvalue weighted by Crippen LogP contribution is 2.49. The number of hydrogen-bond acceptors (Lipinski definition) is 3. The summed E-state index contributed by atoms with van der Waals surface area (Å²) in [5.74, 6) is 3.78. The summed E-state index contributed by atoms with van der Waals surface area (Å²) < 4.78 is 0. The molecule has 1 heterocycles. The summed E-state index contributed by atoms with van der Waals surface area (Å²) in [6.07, 6.45) is 7.63. The van der Waals surface area contributed by atoms with Gasteiger partial charge in [0, 0.05) is 12.2 Å². The van der Waals surface area contributed by atoms with Crippen molar-refractivity contribution >= 4 is 5.82 Å². The fourth-order valence-corrected chi connectivity index (χ4v) is 3.90. The van der Waals surface area contributed by atoms with Gasteiger partial charge in [0.15, 0.2) is 0 Å². The predicted molar refractivity (Wildman–Crippen MR) is 73.5 cm³/mol. The molecule has 0 aliphatic heterocycles. The third kappa shape index (κ3) is 2.11. The van der Waals surface area contributed by atoms with Crippen LogP contribution in [0.4, 0.5) is 5.82 Å². The van der Waals surface area contributed by atoms with E-state index in [1.54, 1.807) is 0 Å². The second kappa shape index (κ2) is 4.52. The van der Waals surface area contributed by atoms with E-state index >= 15 is 0 Å². The van der Waals surface area contributed by atoms with Crippen molar-refractivity contribution in [3.05, 3.63) is 17.6 Å². The third-order valence-corrected chi connectivity index (χ3v) is 4.88. The van der Waals surface area contributed by atoms with Gasteiger partial charge in [0.1, 0.15) is 5.82 Å². The quantitative estimate of drug-likeness (QED) is 0.887. The SMILES string of the molecule is Cc1cnc(C)c(N[C@H](C)[C@H]2C[C@H]3CC[C@H]2C3)n1. The number of nitrogens with one attached hydrogen (secondary N) is 1. The van der Waals surface area contributed by atoms with Crippen molar-refractivity contribution in [2.75, 3.05) is 5.32 Å². The highest BCUT2D eigenvalue weighted by Gasteiger charge is 2.41. The maximum atomic E-state index is 4.57. The van der Waals surface area contributed by atoms with Crippen molar-refractivity contribution in [3.63, 3.8) is 0 Å². The van der Waals surface area contributed by atoms with Crippen LogP contribution in [0, 0.1) is 31.6 Å². The van der Waals surface area contributed by atoms with Crippen LogP contribution in [0.1, 0.15) is 44.0 Å². The van der Waals surface area contributed by atoms with E-state index in [0.29, 0.717) is 6.04 Å². The first-order valence-corrected chi connectivity index (χ1v) is 7.20. The topological polar surface area (TPSA) is 37.8 Å². The zero-order chi connectivity index (χ0) is 12.7. The van der Waals surface area contributed by atoms with E-state index in [9.17, 15) is 0 Å². The molecule has 0 amide bonds. The van der Waals surface area contributed by atoms with Gasteiger partial charge in [0.2, 0.25) is 0 Å². The predicted octanol–water partition coefficient (Wildman–Crippen LogP) is 3.33. The summed E-state index contributed by atoms with van der Waals surface area (Å²) in [5.41, 5.74) is 2.00. The van der Waals surface area contributed by atoms with Gasteiger partial charge in [-0.15, -0.1) is 0 Å². The first kappa shape index (κ1) is 11.9. The normalized spacial score (nSPS) is 31.6. The molecule has 3 rings (SSSR count). The fourth-order valence-electron chi connectivity index (χ4n) is 3.90. The second-order valence-electron chi connectivity index (χ2n) is 6.22. The molecule has 98 valence electrons. The Labute approximate surface area is 109 Å². The summed E-state index contributed by atoms with van der Waals surface area (Å²) >= 11 is 0. The van der Waals surface area contributed by atoms with Crippen molar-refractivity contribution in [2.24, 2.45) is 17.8 Å². The van der Waals surface area contributed by atoms with Crippen LogP contribution in [0.5, 0.6) is 0 Å². The lowest BCUT2D eigenvalue weighted by molar-refractivity contribution is 0.304. The van der Waals surface area contributed by atoms with Crippen LogP contribution in [0.25, 0.3) is 0 Å². The Balaban J connectivity index is 1.70. The number of aromatic nitrogens is 2. The van der Waals surface area contributed by atoms with Gasteiger partial charge in [-0.25, -0.2) is 4.98 Å². The first-order valence-electron chi connectivity index (χ1n) is 7.20. The molecule has 4 atom stereocenters. The van der Waals surface area contributed by atoms with Gasteiger partial charge < -0.3 is 5.32 Å². The molecule has 0 unspecified atom stereocenters. The lowest BCUT2D eigenvalue weighted by Crippen LogP contribution is -2.30. The summed E-state index contributed by atoms with van der Waals surface area (Å²) in [5, 5.41) is 3.60. The second-order valence-corrected chi connectivity index (χ2v) is 6.22. The molecular formula is C15H23N3. The van der Waals surface area contributed by atoms with E-state index in [0.717, 1.165) is 35.0 Å². The highest BCUT2D eigenvalue weighted by molar-refractivity contribution is 5.40. The Morgan fingerprint density at radius 2 is 2.11 bits per heavy atom. The number of aryl methyl sites for hydroxylation is 2. The molecule has 1 aromatic heterocycles. The van der Waals surface area contributed by atoms with Crippen LogP contribution in [0.2, 0.25) is 0 Å². The molecule has 0 spiro atoms. The minimum absolute atomic E-state index is 0.523. The van der Waals surface area contributed by atoms with E-state index in [-0.39, 0.29) is 0 Å². The lowest BCUT2D eigenvalue weighted by Gasteiger charge is -2.29. The maximum Gasteiger partial charge on any atom is 0.147 e. The monoisotopic (exact) mass is 245 g/mol. The lowest BCUT2D eigenvalue weighted by atomic mass is 9.84. The molecule has 1 N–H and O–H groups in total. The molecular weight excluding hydrogens is 222 g/mol. The van der Waals surface area contributed by atoms with Crippen molar-refractivity contribution in [1.82, 2.24) is 9.97 Å². The number of anilines is 1. The number of hydrogen-bond donors (Lipinski definition) is 1. The fraction of sp³-hybridized carbons (Fsp3) is 0.733. The Bertz CT molecular complexity index is 443. The van der Waals surface area contributed by atoms with Crippen LogP contribution in [0.15, 0.2) is 6.20 Å². The van der Waals surface area contributed by atoms with Gasteiger partial charge in [0.05, 0.1) is 11.4 Å². The van der Waals surface area contributed by atoms with Gasteiger partial charge >= 0.3 is 0 Å². The average Bonchev–Trinajstić information content (AvgIpc) is 2.96. The van der Waals surface area contributed by atoms with E-state index in [1.807, 2.05) is 20.0 Å². The standard InChI is InChI=1S/C15H23N3/c1-9-8-16-11(3)15(17-9)18-10(2)14-7-12-4-5-13(14)6-12/h8,10,12-14H,4-7H2,1-3H3,(H,17,18)/t10-,12+,13+,14-/m1/s1. The van der Waals surface area contributed by atoms with Crippen LogP contribution >= 0.6 is 0 Å². The molecule has 0 radical (unpaired) electrons. The van der Waals surface area contributed by atoms with Crippen LogP contribution in [0.3, 0.4) is 0 Å². The van der Waals surface area contributed by atoms with E-state index < -0.39 is 0 Å². The van der Waals surface area contributed by atoms with E-state index in [2.05, 4.69) is 22.2 Å². The van der Waals surface area contributed by atoms with Crippen molar-refractivity contribution in [2.45, 2.75) is 52.5 Å². The van der Waals surface area contributed by atoms with E-state index in [4.69, 9.17) is 0 Å². The zero-order valence-electron chi connectivity index (χ0n) is 11.6. The summed E-state index contributed by atoms with van der Waals surface area (Å²) in [6.45, 7) is 6.34. The van der Waals surface area contributed by atoms with Gasteiger partial charge in [-0.3, -0.25) is 4.98 Å². The third-order valence-electron chi connectivity index (χ3n) is 4.88. The molecule has 3 heteroatoms. The summed E-state index contributed by atoms with van der Waals surface area (Å²) in [6, 6.07) is 0.523. The van der Waals surface area contributed by atoms with Gasteiger partial charge in [0.25, 0.3) is 0 Å². The highest BCUT2D eigenvalue weighted by atomic mass is 15.0. The first-order chi connectivity index (χ1) is 8.63. The van der Waals surface area contributed by atoms with Gasteiger partial charge in [-0.05, 0) is 57.8 Å². The Hall–Kier alpha value is -1.12. The molecule has 1 aromatic rings. The van der Waals surface area contributed by atoms with Crippen LogP contribution in [-0.2, 0) is 0 Å². The zero-order valence-corrected chi connectivity index (χ0v) is 11.6. The molecule has 18 heavy (non-hydrogen) atoms. The van der Waals surface area contributed by atoms with Crippen molar-refractivity contribution in [3.8, 4) is 0 Å². The van der Waals surface area contributed by atoms with Gasteiger partial charge in [-0.1, -0.05) is 6.42 Å². The molecule has 2 aliphatic carbocycles. The minimum Gasteiger partial charge on any atom is -0.366 e. The van der Waals surface area contributed by atoms with Crippen LogP contribution in [-0.4, -0.2) is 16.0 Å². The molecule has 2 bridgehead atoms. The van der Waals surface area contributed by atoms with Crippen molar-refractivity contribution in [1.29, 1.82) is 0 Å². The van der Waals surface area contributed by atoms with E-state index in [1.165, 1.54) is 25.7 Å². The van der Waals surface area contributed by atoms with Crippen LogP contribution < -0.4 is 5.32 Å². The molecule has 2 aliphatic rings. The average molecular weight is 245 g/mol. The molecule has 3 nitrogen and oxygen atoms in total. The number of fused-ring (bicyclic) bond motifs is 2. The smallest absolute Gasteiger partial charge is 0.147 e. The maximum absolute atomic E-state index is 4.57. The van der Waals surface area contributed by atoms with Gasteiger partial charge in [-0.2, -0.15) is 0 Å². The minimum atomic E-state index is 0.523. The number of nitrogens with zero attached hydrogens (tertiary/aromatic N) is 2. The molecule has 0 saturated heterocycles. The Morgan fingerprint density at radius 3 is 2.78 bits per heavy atom. The molecule has 2 fully saturated rings. The Kier molecular flexibility index (Phi) is 3.00. The molecule has 2 saturated carbocycles. The Morgan fingerprint density at radius 1 is 1.28 bits per heavy atom. The molecule has 0 aromatic carbocycles.